The molecule has 0 bridgehead atoms. The van der Waals surface area contributed by atoms with Gasteiger partial charge in [0, 0.05) is 44.8 Å². The van der Waals surface area contributed by atoms with Gasteiger partial charge in [-0.3, -0.25) is 9.69 Å². The number of piperazine rings is 1. The second kappa shape index (κ2) is 8.97. The molecule has 1 amide bonds. The summed E-state index contributed by atoms with van der Waals surface area (Å²) in [4.78, 5) is 14.3. The van der Waals surface area contributed by atoms with Crippen molar-refractivity contribution in [2.24, 2.45) is 0 Å². The first-order chi connectivity index (χ1) is 14.1. The van der Waals surface area contributed by atoms with E-state index >= 15 is 0 Å². The number of amides is 1. The molecule has 29 heavy (non-hydrogen) atoms. The maximum absolute atomic E-state index is 11.8. The van der Waals surface area contributed by atoms with E-state index < -0.39 is 0 Å². The summed E-state index contributed by atoms with van der Waals surface area (Å²) in [6, 6.07) is 16.9. The van der Waals surface area contributed by atoms with E-state index in [9.17, 15) is 4.79 Å². The molecule has 5 nitrogen and oxygen atoms in total. The van der Waals surface area contributed by atoms with Crippen molar-refractivity contribution in [3.8, 4) is 5.75 Å². The summed E-state index contributed by atoms with van der Waals surface area (Å²) in [6.45, 7) is 6.14. The van der Waals surface area contributed by atoms with Crippen LogP contribution in [0, 0.1) is 0 Å². The van der Waals surface area contributed by atoms with Crippen LogP contribution >= 0.6 is 0 Å². The smallest absolute Gasteiger partial charge is 0.251 e. The molecule has 2 aromatic carbocycles. The fraction of sp³-hybridized carbons (Fsp3) is 0.458. The molecule has 154 valence electrons. The van der Waals surface area contributed by atoms with Gasteiger partial charge in [0.1, 0.15) is 11.9 Å². The topological polar surface area (TPSA) is 53.6 Å². The zero-order valence-electron chi connectivity index (χ0n) is 17.4. The Balaban J connectivity index is 1.51. The highest BCUT2D eigenvalue weighted by molar-refractivity contribution is 5.94. The van der Waals surface area contributed by atoms with Crippen LogP contribution in [-0.4, -0.2) is 50.1 Å². The Morgan fingerprint density at radius 2 is 1.90 bits per heavy atom. The van der Waals surface area contributed by atoms with Crippen molar-refractivity contribution in [2.45, 2.75) is 37.8 Å². The summed E-state index contributed by atoms with van der Waals surface area (Å²) in [7, 11) is 1.64. The molecule has 2 aliphatic rings. The molecule has 1 saturated heterocycles. The minimum Gasteiger partial charge on any atom is -0.484 e. The first-order valence-electron chi connectivity index (χ1n) is 10.7. The number of carbonyl (C=O) groups is 1. The normalized spacial score (nSPS) is 20.8. The van der Waals surface area contributed by atoms with E-state index in [-0.39, 0.29) is 12.0 Å². The van der Waals surface area contributed by atoms with Gasteiger partial charge in [-0.25, -0.2) is 0 Å². The lowest BCUT2D eigenvalue weighted by atomic mass is 10.0. The van der Waals surface area contributed by atoms with Gasteiger partial charge in [-0.15, -0.1) is 0 Å². The van der Waals surface area contributed by atoms with Gasteiger partial charge in [-0.05, 0) is 61.1 Å². The highest BCUT2D eigenvalue weighted by atomic mass is 16.5. The molecule has 5 heteroatoms. The summed E-state index contributed by atoms with van der Waals surface area (Å²) in [5.41, 5.74) is 3.29. The van der Waals surface area contributed by atoms with Crippen LogP contribution in [0.1, 0.15) is 53.3 Å². The molecule has 1 saturated carbocycles. The molecule has 4 rings (SSSR count). The van der Waals surface area contributed by atoms with Gasteiger partial charge in [-0.2, -0.15) is 0 Å². The second-order valence-corrected chi connectivity index (χ2v) is 8.27. The minimum absolute atomic E-state index is 0.0422. The first kappa shape index (κ1) is 19.9. The van der Waals surface area contributed by atoms with E-state index in [2.05, 4.69) is 46.7 Å². The monoisotopic (exact) mass is 393 g/mol. The van der Waals surface area contributed by atoms with Crippen LogP contribution in [0.5, 0.6) is 5.75 Å². The van der Waals surface area contributed by atoms with Crippen LogP contribution in [0.25, 0.3) is 0 Å². The summed E-state index contributed by atoms with van der Waals surface area (Å²) in [5, 5.41) is 6.16. The van der Waals surface area contributed by atoms with Crippen LogP contribution in [-0.2, 0) is 0 Å². The SMILES string of the molecule is CNC(=O)c1ccc(OC(CN2CCN[C@H](C)C2)c2ccc(C3CC3)cc2)cc1. The molecule has 0 spiro atoms. The number of benzene rings is 2. The zero-order valence-corrected chi connectivity index (χ0v) is 17.4. The molecule has 2 fully saturated rings. The third-order valence-electron chi connectivity index (χ3n) is 5.86. The van der Waals surface area contributed by atoms with E-state index in [1.807, 2.05) is 24.3 Å². The van der Waals surface area contributed by atoms with Crippen LogP contribution in [0.15, 0.2) is 48.5 Å². The van der Waals surface area contributed by atoms with Gasteiger partial charge in [0.2, 0.25) is 0 Å². The summed E-state index contributed by atoms with van der Waals surface area (Å²) in [5.74, 6) is 1.46. The predicted molar refractivity (Wildman–Crippen MR) is 116 cm³/mol. The Morgan fingerprint density at radius 1 is 1.17 bits per heavy atom. The average molecular weight is 394 g/mol. The van der Waals surface area contributed by atoms with Gasteiger partial charge in [-0.1, -0.05) is 24.3 Å². The predicted octanol–water partition coefficient (Wildman–Crippen LogP) is 3.34. The number of ether oxygens (including phenoxy) is 1. The van der Waals surface area contributed by atoms with Crippen LogP contribution in [0.3, 0.4) is 0 Å². The van der Waals surface area contributed by atoms with E-state index in [1.165, 1.54) is 24.0 Å². The molecule has 2 aromatic rings. The standard InChI is InChI=1S/C24H31N3O2/c1-17-15-27(14-13-26-17)16-23(20-7-5-19(6-8-20)18-3-4-18)29-22-11-9-21(10-12-22)24(28)25-2/h5-12,17-18,23,26H,3-4,13-16H2,1-2H3,(H,25,28)/t17-,23?/m1/s1. The number of nitrogens with zero attached hydrogens (tertiary/aromatic N) is 1. The van der Waals surface area contributed by atoms with Gasteiger partial charge < -0.3 is 15.4 Å². The molecule has 2 atom stereocenters. The van der Waals surface area contributed by atoms with E-state index in [4.69, 9.17) is 4.74 Å². The van der Waals surface area contributed by atoms with Crippen molar-refractivity contribution in [3.05, 3.63) is 65.2 Å². The number of nitrogens with one attached hydrogen (secondary N) is 2. The first-order valence-corrected chi connectivity index (χ1v) is 10.7. The Morgan fingerprint density at radius 3 is 2.52 bits per heavy atom. The zero-order chi connectivity index (χ0) is 20.2. The lowest BCUT2D eigenvalue weighted by Gasteiger charge is -2.34. The Labute approximate surface area is 173 Å². The third-order valence-corrected chi connectivity index (χ3v) is 5.86. The van der Waals surface area contributed by atoms with Crippen LogP contribution in [0.4, 0.5) is 0 Å². The van der Waals surface area contributed by atoms with E-state index in [0.717, 1.165) is 37.8 Å². The summed E-state index contributed by atoms with van der Waals surface area (Å²) in [6.07, 6.45) is 2.59. The second-order valence-electron chi connectivity index (χ2n) is 8.27. The van der Waals surface area contributed by atoms with Crippen LogP contribution < -0.4 is 15.4 Å². The Hall–Kier alpha value is -2.37. The molecule has 1 aliphatic carbocycles. The number of hydrogen-bond acceptors (Lipinski definition) is 4. The van der Waals surface area contributed by atoms with Crippen molar-refractivity contribution in [1.29, 1.82) is 0 Å². The number of hydrogen-bond donors (Lipinski definition) is 2. The fourth-order valence-electron chi connectivity index (χ4n) is 4.02. The molecule has 1 aliphatic heterocycles. The fourth-order valence-corrected chi connectivity index (χ4v) is 4.02. The largest absolute Gasteiger partial charge is 0.484 e. The molecule has 0 radical (unpaired) electrons. The van der Waals surface area contributed by atoms with E-state index in [1.54, 1.807) is 7.05 Å². The number of rotatable bonds is 7. The van der Waals surface area contributed by atoms with Crippen molar-refractivity contribution in [3.63, 3.8) is 0 Å². The quantitative estimate of drug-likeness (QED) is 0.758. The maximum Gasteiger partial charge on any atom is 0.251 e. The van der Waals surface area contributed by atoms with Crippen molar-refractivity contribution < 1.29 is 9.53 Å². The van der Waals surface area contributed by atoms with Gasteiger partial charge in [0.15, 0.2) is 0 Å². The highest BCUT2D eigenvalue weighted by Gasteiger charge is 2.25. The van der Waals surface area contributed by atoms with Gasteiger partial charge in [0.05, 0.1) is 0 Å². The molecular weight excluding hydrogens is 362 g/mol. The Kier molecular flexibility index (Phi) is 6.16. The maximum atomic E-state index is 11.8. The third kappa shape index (κ3) is 5.17. The minimum atomic E-state index is -0.0847. The highest BCUT2D eigenvalue weighted by Crippen LogP contribution is 2.40. The van der Waals surface area contributed by atoms with Gasteiger partial charge >= 0.3 is 0 Å². The molecular formula is C24H31N3O2. The van der Waals surface area contributed by atoms with Gasteiger partial charge in [0.25, 0.3) is 5.91 Å². The molecule has 1 heterocycles. The van der Waals surface area contributed by atoms with Crippen molar-refractivity contribution >= 4 is 5.91 Å². The van der Waals surface area contributed by atoms with Crippen LogP contribution in [0.2, 0.25) is 0 Å². The number of carbonyl (C=O) groups excluding carboxylic acids is 1. The van der Waals surface area contributed by atoms with E-state index in [0.29, 0.717) is 11.6 Å². The summed E-state index contributed by atoms with van der Waals surface area (Å²) >= 11 is 0. The molecule has 2 N–H and O–H groups in total. The Bertz CT molecular complexity index is 815. The lowest BCUT2D eigenvalue weighted by molar-refractivity contribution is 0.0963. The average Bonchev–Trinajstić information content (AvgIpc) is 3.59. The summed E-state index contributed by atoms with van der Waals surface area (Å²) < 4.78 is 6.43. The van der Waals surface area contributed by atoms with Crippen molar-refractivity contribution in [1.82, 2.24) is 15.5 Å². The van der Waals surface area contributed by atoms with Crippen molar-refractivity contribution in [2.75, 3.05) is 33.2 Å². The molecule has 0 aromatic heterocycles. The lowest BCUT2D eigenvalue weighted by Crippen LogP contribution is -2.50. The molecule has 1 unspecified atom stereocenters.